The third kappa shape index (κ3) is 3.62. The van der Waals surface area contributed by atoms with E-state index in [4.69, 9.17) is 4.74 Å². The summed E-state index contributed by atoms with van der Waals surface area (Å²) in [4.78, 5) is 35.7. The molecule has 2 rings (SSSR count). The number of hydrogen-bond donors (Lipinski definition) is 1. The molecular weight excluding hydrogens is 310 g/mol. The lowest BCUT2D eigenvalue weighted by molar-refractivity contribution is -0.142. The molecule has 0 saturated carbocycles. The number of para-hydroxylation sites is 1. The lowest BCUT2D eigenvalue weighted by atomic mass is 10.3. The maximum Gasteiger partial charge on any atom is 0.330 e. The van der Waals surface area contributed by atoms with E-state index in [1.54, 1.807) is 37.7 Å². The van der Waals surface area contributed by atoms with E-state index in [1.165, 1.54) is 16.8 Å². The van der Waals surface area contributed by atoms with Gasteiger partial charge in [-0.1, -0.05) is 24.3 Å². The van der Waals surface area contributed by atoms with Gasteiger partial charge in [0.1, 0.15) is 5.69 Å². The summed E-state index contributed by atoms with van der Waals surface area (Å²) in [5, 5.41) is 2.51. The van der Waals surface area contributed by atoms with Gasteiger partial charge in [0.05, 0.1) is 11.4 Å². The van der Waals surface area contributed by atoms with Gasteiger partial charge in [0, 0.05) is 13.1 Å². The molecule has 1 amide bonds. The van der Waals surface area contributed by atoms with Gasteiger partial charge in [-0.15, -0.1) is 0 Å². The summed E-state index contributed by atoms with van der Waals surface area (Å²) in [6.45, 7) is 2.94. The Morgan fingerprint density at radius 3 is 2.54 bits per heavy atom. The Balaban J connectivity index is 2.22. The number of amides is 1. The smallest absolute Gasteiger partial charge is 0.330 e. The van der Waals surface area contributed by atoms with Crippen LogP contribution in [0.2, 0.25) is 0 Å². The molecule has 0 saturated heterocycles. The Kier molecular flexibility index (Phi) is 5.36. The quantitative estimate of drug-likeness (QED) is 0.666. The first-order valence-electron chi connectivity index (χ1n) is 7.39. The van der Waals surface area contributed by atoms with Crippen LogP contribution >= 0.6 is 0 Å². The second kappa shape index (κ2) is 7.45. The fraction of sp³-hybridized carbons (Fsp3) is 0.235. The predicted octanol–water partition coefficient (Wildman–Crippen LogP) is 1.54. The minimum atomic E-state index is -0.612. The van der Waals surface area contributed by atoms with Crippen LogP contribution < -0.4 is 10.9 Å². The van der Waals surface area contributed by atoms with E-state index >= 15 is 0 Å². The minimum Gasteiger partial charge on any atom is -0.452 e. The summed E-state index contributed by atoms with van der Waals surface area (Å²) < 4.78 is 7.87. The second-order valence-electron chi connectivity index (χ2n) is 5.09. The van der Waals surface area contributed by atoms with Crippen LogP contribution in [0.3, 0.4) is 0 Å². The van der Waals surface area contributed by atoms with Crippen molar-refractivity contribution in [2.24, 2.45) is 7.05 Å². The second-order valence-corrected chi connectivity index (χ2v) is 5.09. The van der Waals surface area contributed by atoms with Gasteiger partial charge >= 0.3 is 5.97 Å². The van der Waals surface area contributed by atoms with Gasteiger partial charge in [0.2, 0.25) is 0 Å². The van der Waals surface area contributed by atoms with Crippen molar-refractivity contribution in [1.29, 1.82) is 0 Å². The Labute approximate surface area is 139 Å². The molecular formula is C17H19N3O4. The molecule has 7 heteroatoms. The summed E-state index contributed by atoms with van der Waals surface area (Å²) >= 11 is 0. The topological polar surface area (TPSA) is 82.3 Å². The van der Waals surface area contributed by atoms with Crippen molar-refractivity contribution >= 4 is 17.6 Å². The summed E-state index contributed by atoms with van der Waals surface area (Å²) in [5.41, 5.74) is 1.09. The molecule has 0 aliphatic heterocycles. The Morgan fingerprint density at radius 1 is 1.25 bits per heavy atom. The fourth-order valence-electron chi connectivity index (χ4n) is 2.21. The number of benzene rings is 1. The van der Waals surface area contributed by atoms with Crippen LogP contribution in [0.5, 0.6) is 0 Å². The molecule has 0 unspecified atom stereocenters. The van der Waals surface area contributed by atoms with Crippen LogP contribution in [0.15, 0.2) is 47.3 Å². The summed E-state index contributed by atoms with van der Waals surface area (Å²) in [5.74, 6) is -1.18. The minimum absolute atomic E-state index is 0.161. The number of esters is 1. The van der Waals surface area contributed by atoms with E-state index in [0.717, 1.165) is 0 Å². The third-order valence-corrected chi connectivity index (χ3v) is 3.47. The van der Waals surface area contributed by atoms with Gasteiger partial charge in [-0.25, -0.2) is 9.48 Å². The zero-order valence-corrected chi connectivity index (χ0v) is 13.8. The summed E-state index contributed by atoms with van der Waals surface area (Å²) in [6.07, 6.45) is 2.73. The normalized spacial score (nSPS) is 10.8. The van der Waals surface area contributed by atoms with Crippen molar-refractivity contribution in [3.8, 4) is 5.69 Å². The molecule has 24 heavy (non-hydrogen) atoms. The molecule has 1 aromatic heterocycles. The highest BCUT2D eigenvalue weighted by molar-refractivity contribution is 5.94. The Bertz CT molecular complexity index is 832. The number of hydrogen-bond acceptors (Lipinski definition) is 4. The van der Waals surface area contributed by atoms with E-state index in [1.807, 2.05) is 18.2 Å². The number of nitrogens with zero attached hydrogens (tertiary/aromatic N) is 2. The first kappa shape index (κ1) is 17.3. The Morgan fingerprint density at radius 2 is 1.92 bits per heavy atom. The van der Waals surface area contributed by atoms with E-state index in [2.05, 4.69) is 5.32 Å². The van der Waals surface area contributed by atoms with Crippen LogP contribution in [0.25, 0.3) is 5.69 Å². The van der Waals surface area contributed by atoms with Gasteiger partial charge in [0.25, 0.3) is 11.5 Å². The zero-order chi connectivity index (χ0) is 17.7. The monoisotopic (exact) mass is 329 g/mol. The van der Waals surface area contributed by atoms with Crippen LogP contribution in [0.1, 0.15) is 12.6 Å². The number of anilines is 1. The molecule has 126 valence electrons. The molecule has 0 radical (unpaired) electrons. The van der Waals surface area contributed by atoms with E-state index in [9.17, 15) is 14.4 Å². The molecule has 1 heterocycles. The van der Waals surface area contributed by atoms with Crippen LogP contribution in [-0.2, 0) is 21.4 Å². The number of nitrogens with one attached hydrogen (secondary N) is 1. The number of ether oxygens (including phenoxy) is 1. The van der Waals surface area contributed by atoms with Gasteiger partial charge < -0.3 is 10.1 Å². The number of aromatic nitrogens is 2. The molecule has 0 fully saturated rings. The predicted molar refractivity (Wildman–Crippen MR) is 90.1 cm³/mol. The molecule has 7 nitrogen and oxygen atoms in total. The van der Waals surface area contributed by atoms with Crippen molar-refractivity contribution in [3.63, 3.8) is 0 Å². The highest BCUT2D eigenvalue weighted by atomic mass is 16.5. The summed E-state index contributed by atoms with van der Waals surface area (Å²) in [6, 6.07) is 9.09. The SMILES string of the molecule is C/C=C/C(=O)OCC(=O)Nc1c(C)n(C)n(-c2ccccc2)c1=O. The highest BCUT2D eigenvalue weighted by Crippen LogP contribution is 2.13. The van der Waals surface area contributed by atoms with Crippen LogP contribution in [0, 0.1) is 6.92 Å². The zero-order valence-electron chi connectivity index (χ0n) is 13.8. The standard InChI is InChI=1S/C17H19N3O4/c1-4-8-15(22)24-11-14(21)18-16-12(2)19(3)20(17(16)23)13-9-6-5-7-10-13/h4-10H,11H2,1-3H3,(H,18,21)/b8-4+. The lowest BCUT2D eigenvalue weighted by Gasteiger charge is -2.07. The van der Waals surface area contributed by atoms with Gasteiger partial charge in [-0.3, -0.25) is 14.3 Å². The van der Waals surface area contributed by atoms with E-state index < -0.39 is 18.5 Å². The van der Waals surface area contributed by atoms with Crippen molar-refractivity contribution in [3.05, 3.63) is 58.5 Å². The van der Waals surface area contributed by atoms with Crippen molar-refractivity contribution in [1.82, 2.24) is 9.36 Å². The van der Waals surface area contributed by atoms with E-state index in [-0.39, 0.29) is 11.2 Å². The average molecular weight is 329 g/mol. The lowest BCUT2D eigenvalue weighted by Crippen LogP contribution is -2.25. The van der Waals surface area contributed by atoms with Gasteiger partial charge in [0.15, 0.2) is 6.61 Å². The third-order valence-electron chi connectivity index (χ3n) is 3.47. The largest absolute Gasteiger partial charge is 0.452 e. The summed E-state index contributed by atoms with van der Waals surface area (Å²) in [7, 11) is 1.73. The highest BCUT2D eigenvalue weighted by Gasteiger charge is 2.18. The molecule has 0 spiro atoms. The van der Waals surface area contributed by atoms with Crippen molar-refractivity contribution in [2.45, 2.75) is 13.8 Å². The molecule has 1 aromatic carbocycles. The van der Waals surface area contributed by atoms with Crippen LogP contribution in [-0.4, -0.2) is 27.8 Å². The van der Waals surface area contributed by atoms with E-state index in [0.29, 0.717) is 11.4 Å². The molecule has 2 aromatic rings. The first-order valence-corrected chi connectivity index (χ1v) is 7.39. The van der Waals surface area contributed by atoms with Crippen molar-refractivity contribution in [2.75, 3.05) is 11.9 Å². The number of allylic oxidation sites excluding steroid dienone is 1. The fourth-order valence-corrected chi connectivity index (χ4v) is 2.21. The number of carbonyl (C=O) groups is 2. The average Bonchev–Trinajstić information content (AvgIpc) is 2.78. The molecule has 1 N–H and O–H groups in total. The molecule has 0 atom stereocenters. The number of rotatable bonds is 5. The maximum atomic E-state index is 12.6. The molecule has 0 aliphatic carbocycles. The van der Waals surface area contributed by atoms with Gasteiger partial charge in [-0.2, -0.15) is 0 Å². The maximum absolute atomic E-state index is 12.6. The van der Waals surface area contributed by atoms with Crippen LogP contribution in [0.4, 0.5) is 5.69 Å². The van der Waals surface area contributed by atoms with Crippen molar-refractivity contribution < 1.29 is 14.3 Å². The number of carbonyl (C=O) groups excluding carboxylic acids is 2. The first-order chi connectivity index (χ1) is 11.5. The molecule has 0 bridgehead atoms. The molecule has 0 aliphatic rings. The Hall–Kier alpha value is -3.09. The van der Waals surface area contributed by atoms with Gasteiger partial charge in [-0.05, 0) is 26.0 Å².